The number of carbonyl (C=O) groups excluding carboxylic acids is 1. The monoisotopic (exact) mass is 328 g/mol. The number of amides is 2. The van der Waals surface area contributed by atoms with Gasteiger partial charge in [0.2, 0.25) is 0 Å². The molecule has 1 aromatic heterocycles. The molecule has 0 saturated carbocycles. The maximum absolute atomic E-state index is 12.1. The van der Waals surface area contributed by atoms with Gasteiger partial charge in [-0.2, -0.15) is 0 Å². The van der Waals surface area contributed by atoms with Gasteiger partial charge in [-0.15, -0.1) is 0 Å². The number of nitrogens with one attached hydrogen (secondary N) is 2. The minimum atomic E-state index is -0.260. The first-order valence-electron chi connectivity index (χ1n) is 7.65. The van der Waals surface area contributed by atoms with Gasteiger partial charge in [0.1, 0.15) is 17.3 Å². The predicted molar refractivity (Wildman–Crippen MR) is 91.9 cm³/mol. The lowest BCUT2D eigenvalue weighted by Gasteiger charge is -2.40. The number of aromatic nitrogens is 1. The van der Waals surface area contributed by atoms with Crippen LogP contribution in [0.25, 0.3) is 0 Å². The number of urea groups is 1. The zero-order valence-corrected chi connectivity index (χ0v) is 13.7. The summed E-state index contributed by atoms with van der Waals surface area (Å²) >= 11 is 0. The number of rotatable bonds is 5. The highest BCUT2D eigenvalue weighted by Crippen LogP contribution is 2.29. The van der Waals surface area contributed by atoms with Crippen LogP contribution in [0.3, 0.4) is 0 Å². The number of methoxy groups -OCH3 is 2. The van der Waals surface area contributed by atoms with Gasteiger partial charge in [-0.05, 0) is 24.3 Å². The predicted octanol–water partition coefficient (Wildman–Crippen LogP) is 2.11. The van der Waals surface area contributed by atoms with Crippen molar-refractivity contribution in [2.45, 2.75) is 6.04 Å². The van der Waals surface area contributed by atoms with Crippen LogP contribution in [0, 0.1) is 0 Å². The summed E-state index contributed by atoms with van der Waals surface area (Å²) in [5.74, 6) is 2.14. The zero-order chi connectivity index (χ0) is 16.9. The average Bonchev–Trinajstić information content (AvgIpc) is 2.58. The van der Waals surface area contributed by atoms with Crippen LogP contribution in [-0.4, -0.2) is 44.4 Å². The number of benzene rings is 1. The molecule has 0 spiro atoms. The van der Waals surface area contributed by atoms with Crippen molar-refractivity contribution in [2.24, 2.45) is 0 Å². The highest BCUT2D eigenvalue weighted by molar-refractivity contribution is 5.91. The Morgan fingerprint density at radius 2 is 2.04 bits per heavy atom. The Labute approximate surface area is 140 Å². The second-order valence-corrected chi connectivity index (χ2v) is 5.45. The van der Waals surface area contributed by atoms with Gasteiger partial charge in [0.05, 0.1) is 25.9 Å². The molecule has 1 fully saturated rings. The minimum absolute atomic E-state index is 0.0937. The van der Waals surface area contributed by atoms with Crippen molar-refractivity contribution in [3.63, 3.8) is 0 Å². The largest absolute Gasteiger partial charge is 0.497 e. The van der Waals surface area contributed by atoms with E-state index in [1.807, 2.05) is 18.2 Å². The second-order valence-electron chi connectivity index (χ2n) is 5.45. The van der Waals surface area contributed by atoms with Gasteiger partial charge in [0, 0.05) is 25.4 Å². The molecule has 0 bridgehead atoms. The molecule has 7 heteroatoms. The lowest BCUT2D eigenvalue weighted by Crippen LogP contribution is -2.60. The Hall–Kier alpha value is -2.96. The van der Waals surface area contributed by atoms with Crippen LogP contribution >= 0.6 is 0 Å². The fourth-order valence-corrected chi connectivity index (χ4v) is 2.54. The SMILES string of the molecule is COc1ccc(NC(=O)NC2CN(c3ccccn3)C2)c(OC)c1. The zero-order valence-electron chi connectivity index (χ0n) is 13.7. The van der Waals surface area contributed by atoms with Gasteiger partial charge in [-0.25, -0.2) is 9.78 Å². The van der Waals surface area contributed by atoms with E-state index in [-0.39, 0.29) is 12.1 Å². The molecule has 0 aliphatic carbocycles. The Kier molecular flexibility index (Phi) is 4.69. The van der Waals surface area contributed by atoms with Gasteiger partial charge in [-0.1, -0.05) is 6.07 Å². The molecule has 0 radical (unpaired) electrons. The normalized spacial score (nSPS) is 13.8. The summed E-state index contributed by atoms with van der Waals surface area (Å²) in [4.78, 5) is 18.5. The summed E-state index contributed by atoms with van der Waals surface area (Å²) in [6.07, 6.45) is 1.76. The van der Waals surface area contributed by atoms with Crippen molar-refractivity contribution < 1.29 is 14.3 Å². The molecule has 1 aliphatic rings. The first-order valence-corrected chi connectivity index (χ1v) is 7.65. The highest BCUT2D eigenvalue weighted by atomic mass is 16.5. The van der Waals surface area contributed by atoms with E-state index in [1.54, 1.807) is 38.6 Å². The summed E-state index contributed by atoms with van der Waals surface area (Å²) in [7, 11) is 3.13. The Balaban J connectivity index is 1.52. The van der Waals surface area contributed by atoms with Crippen molar-refractivity contribution in [3.8, 4) is 11.5 Å². The molecule has 1 aliphatic heterocycles. The molecule has 3 rings (SSSR count). The third-order valence-corrected chi connectivity index (χ3v) is 3.85. The first kappa shape index (κ1) is 15.9. The van der Waals surface area contributed by atoms with E-state index in [2.05, 4.69) is 20.5 Å². The van der Waals surface area contributed by atoms with E-state index >= 15 is 0 Å². The van der Waals surface area contributed by atoms with E-state index in [0.717, 1.165) is 18.9 Å². The maximum atomic E-state index is 12.1. The molecule has 24 heavy (non-hydrogen) atoms. The van der Waals surface area contributed by atoms with Crippen LogP contribution in [0.5, 0.6) is 11.5 Å². The van der Waals surface area contributed by atoms with Gasteiger partial charge < -0.3 is 25.0 Å². The van der Waals surface area contributed by atoms with E-state index in [9.17, 15) is 4.79 Å². The molecule has 2 aromatic rings. The summed E-state index contributed by atoms with van der Waals surface area (Å²) in [5.41, 5.74) is 0.594. The third-order valence-electron chi connectivity index (χ3n) is 3.85. The van der Waals surface area contributed by atoms with Crippen molar-refractivity contribution >= 4 is 17.5 Å². The van der Waals surface area contributed by atoms with Crippen LogP contribution < -0.4 is 25.0 Å². The second kappa shape index (κ2) is 7.08. The smallest absolute Gasteiger partial charge is 0.319 e. The van der Waals surface area contributed by atoms with E-state index in [1.165, 1.54) is 0 Å². The minimum Gasteiger partial charge on any atom is -0.497 e. The number of hydrogen-bond donors (Lipinski definition) is 2. The number of hydrogen-bond acceptors (Lipinski definition) is 5. The molecule has 2 heterocycles. The van der Waals surface area contributed by atoms with Crippen molar-refractivity contribution in [3.05, 3.63) is 42.6 Å². The van der Waals surface area contributed by atoms with Gasteiger partial charge in [-0.3, -0.25) is 0 Å². The summed E-state index contributed by atoms with van der Waals surface area (Å²) in [6, 6.07) is 10.9. The Morgan fingerprint density at radius 3 is 2.71 bits per heavy atom. The molecule has 7 nitrogen and oxygen atoms in total. The lowest BCUT2D eigenvalue weighted by atomic mass is 10.1. The highest BCUT2D eigenvalue weighted by Gasteiger charge is 2.28. The molecule has 1 aromatic carbocycles. The van der Waals surface area contributed by atoms with Gasteiger partial charge in [0.15, 0.2) is 0 Å². The molecule has 2 N–H and O–H groups in total. The standard InChI is InChI=1S/C17H20N4O3/c1-23-13-6-7-14(15(9-13)24-2)20-17(22)19-12-10-21(11-12)16-5-3-4-8-18-16/h3-9,12H,10-11H2,1-2H3,(H2,19,20,22). The molecule has 0 unspecified atom stereocenters. The fourth-order valence-electron chi connectivity index (χ4n) is 2.54. The van der Waals surface area contributed by atoms with Crippen LogP contribution in [0.1, 0.15) is 0 Å². The topological polar surface area (TPSA) is 75.7 Å². The summed E-state index contributed by atoms with van der Waals surface area (Å²) in [5, 5.41) is 5.74. The van der Waals surface area contributed by atoms with Crippen molar-refractivity contribution in [1.82, 2.24) is 10.3 Å². The van der Waals surface area contributed by atoms with Crippen LogP contribution in [0.4, 0.5) is 16.3 Å². The number of anilines is 2. The average molecular weight is 328 g/mol. The third kappa shape index (κ3) is 3.51. The summed E-state index contributed by atoms with van der Waals surface area (Å²) in [6.45, 7) is 1.48. The Bertz CT molecular complexity index is 702. The fraction of sp³-hybridized carbons (Fsp3) is 0.294. The van der Waals surface area contributed by atoms with Gasteiger partial charge >= 0.3 is 6.03 Å². The molecular formula is C17H20N4O3. The number of ether oxygens (including phenoxy) is 2. The molecule has 1 saturated heterocycles. The van der Waals surface area contributed by atoms with E-state index < -0.39 is 0 Å². The van der Waals surface area contributed by atoms with Crippen LogP contribution in [-0.2, 0) is 0 Å². The maximum Gasteiger partial charge on any atom is 0.319 e. The number of pyridine rings is 1. The van der Waals surface area contributed by atoms with Crippen molar-refractivity contribution in [1.29, 1.82) is 0 Å². The van der Waals surface area contributed by atoms with Crippen LogP contribution in [0.2, 0.25) is 0 Å². The van der Waals surface area contributed by atoms with E-state index in [0.29, 0.717) is 17.2 Å². The van der Waals surface area contributed by atoms with Crippen LogP contribution in [0.15, 0.2) is 42.6 Å². The number of nitrogens with zero attached hydrogens (tertiary/aromatic N) is 2. The summed E-state index contributed by atoms with van der Waals surface area (Å²) < 4.78 is 10.4. The molecule has 0 atom stereocenters. The van der Waals surface area contributed by atoms with Crippen molar-refractivity contribution in [2.75, 3.05) is 37.5 Å². The molecule has 2 amide bonds. The first-order chi connectivity index (χ1) is 11.7. The molecular weight excluding hydrogens is 308 g/mol. The van der Waals surface area contributed by atoms with E-state index in [4.69, 9.17) is 9.47 Å². The van der Waals surface area contributed by atoms with Gasteiger partial charge in [0.25, 0.3) is 0 Å². The lowest BCUT2D eigenvalue weighted by molar-refractivity contribution is 0.245. The molecule has 126 valence electrons. The number of carbonyl (C=O) groups is 1. The Morgan fingerprint density at radius 1 is 1.21 bits per heavy atom. The quantitative estimate of drug-likeness (QED) is 0.879.